The van der Waals surface area contributed by atoms with Crippen LogP contribution in [0.4, 0.5) is 17.1 Å². The summed E-state index contributed by atoms with van der Waals surface area (Å²) in [5.41, 5.74) is 13.5. The fourth-order valence-corrected chi connectivity index (χ4v) is 20.3. The third-order valence-corrected chi connectivity index (χ3v) is 20.5. The Morgan fingerprint density at radius 1 is 0.476 bits per heavy atom. The van der Waals surface area contributed by atoms with Gasteiger partial charge < -0.3 is 0 Å². The summed E-state index contributed by atoms with van der Waals surface area (Å²) in [5, 5.41) is 0. The molecule has 3 heterocycles. The Morgan fingerprint density at radius 3 is 1.57 bits per heavy atom. The van der Waals surface area contributed by atoms with Gasteiger partial charge in [0.1, 0.15) is 0 Å². The first-order valence-corrected chi connectivity index (χ1v) is 19.2. The van der Waals surface area contributed by atoms with Crippen LogP contribution >= 0.6 is 0 Å². The van der Waals surface area contributed by atoms with E-state index >= 15 is 0 Å². The van der Waals surface area contributed by atoms with E-state index in [0.717, 1.165) is 0 Å². The first-order valence-electron chi connectivity index (χ1n) is 15.0. The van der Waals surface area contributed by atoms with Gasteiger partial charge in [0.05, 0.1) is 0 Å². The second-order valence-corrected chi connectivity index (χ2v) is 20.3. The fourth-order valence-electron chi connectivity index (χ4n) is 8.33. The van der Waals surface area contributed by atoms with E-state index < -0.39 is 13.3 Å². The molecular formula is C40H31GeN. The molecule has 0 saturated carbocycles. The SMILES string of the molecule is Cc1ccc2[c](c1)[Ge]1([c]3ccccc3-c3cccc[c]31)[c]1cc(N3c4ccccc4C(C)(C)c4ccccc43)ccc1-2. The summed E-state index contributed by atoms with van der Waals surface area (Å²) in [6.07, 6.45) is 0. The van der Waals surface area contributed by atoms with Crippen molar-refractivity contribution in [2.24, 2.45) is 0 Å². The predicted octanol–water partition coefficient (Wildman–Crippen LogP) is 7.44. The van der Waals surface area contributed by atoms with E-state index in [-0.39, 0.29) is 5.41 Å². The molecule has 1 spiro atoms. The number of hydrogen-bond acceptors (Lipinski definition) is 1. The fraction of sp³-hybridized carbons (Fsp3) is 0.100. The van der Waals surface area contributed by atoms with Crippen LogP contribution in [0.1, 0.15) is 30.5 Å². The van der Waals surface area contributed by atoms with Gasteiger partial charge in [-0.15, -0.1) is 0 Å². The van der Waals surface area contributed by atoms with Crippen molar-refractivity contribution in [1.29, 1.82) is 0 Å². The zero-order valence-corrected chi connectivity index (χ0v) is 26.2. The van der Waals surface area contributed by atoms with Gasteiger partial charge in [-0.2, -0.15) is 0 Å². The Labute approximate surface area is 250 Å². The molecular weight excluding hydrogens is 567 g/mol. The van der Waals surface area contributed by atoms with Crippen LogP contribution < -0.4 is 22.5 Å². The average molecular weight is 598 g/mol. The van der Waals surface area contributed by atoms with Crippen molar-refractivity contribution in [3.63, 3.8) is 0 Å². The van der Waals surface area contributed by atoms with E-state index in [1.807, 2.05) is 0 Å². The van der Waals surface area contributed by atoms with Gasteiger partial charge in [0.25, 0.3) is 0 Å². The first kappa shape index (κ1) is 24.3. The van der Waals surface area contributed by atoms with Gasteiger partial charge in [0, 0.05) is 0 Å². The molecule has 6 aromatic carbocycles. The molecule has 42 heavy (non-hydrogen) atoms. The van der Waals surface area contributed by atoms with Gasteiger partial charge in [0.2, 0.25) is 0 Å². The number of hydrogen-bond donors (Lipinski definition) is 0. The number of nitrogens with zero attached hydrogens (tertiary/aromatic N) is 1. The molecule has 3 aliphatic heterocycles. The van der Waals surface area contributed by atoms with Gasteiger partial charge >= 0.3 is 251 Å². The van der Waals surface area contributed by atoms with Crippen LogP contribution in [0.5, 0.6) is 0 Å². The molecule has 0 amide bonds. The molecule has 6 aromatic rings. The van der Waals surface area contributed by atoms with Gasteiger partial charge in [-0.1, -0.05) is 0 Å². The Balaban J connectivity index is 1.38. The number of fused-ring (bicyclic) bond motifs is 12. The number of anilines is 3. The van der Waals surface area contributed by atoms with Crippen molar-refractivity contribution in [3.05, 3.63) is 150 Å². The second-order valence-electron chi connectivity index (χ2n) is 12.6. The molecule has 0 fully saturated rings. The summed E-state index contributed by atoms with van der Waals surface area (Å²) in [7, 11) is 0. The van der Waals surface area contributed by atoms with Crippen LogP contribution in [0.2, 0.25) is 0 Å². The van der Waals surface area contributed by atoms with Gasteiger partial charge in [-0.05, 0) is 0 Å². The van der Waals surface area contributed by atoms with E-state index in [0.29, 0.717) is 0 Å². The molecule has 0 unspecified atom stereocenters. The zero-order chi connectivity index (χ0) is 28.2. The summed E-state index contributed by atoms with van der Waals surface area (Å²) in [5.74, 6) is 0. The maximum absolute atomic E-state index is 3.27. The summed E-state index contributed by atoms with van der Waals surface area (Å²) in [4.78, 5) is 2.52. The molecule has 0 radical (unpaired) electrons. The van der Waals surface area contributed by atoms with E-state index in [4.69, 9.17) is 0 Å². The van der Waals surface area contributed by atoms with Crippen molar-refractivity contribution < 1.29 is 0 Å². The van der Waals surface area contributed by atoms with Crippen molar-refractivity contribution in [3.8, 4) is 22.3 Å². The van der Waals surface area contributed by atoms with E-state index in [2.05, 4.69) is 159 Å². The topological polar surface area (TPSA) is 3.24 Å². The maximum atomic E-state index is 2.58. The van der Waals surface area contributed by atoms with Crippen molar-refractivity contribution in [2.45, 2.75) is 26.2 Å². The standard InChI is InChI=1S/C40H31GeN/c1-26-20-22-30-31-23-21-27(42-38-18-10-6-14-32(38)40(2,3)33-15-7-11-19-39(33)42)25-37(31)41(36(30)24-26)34-16-8-4-12-28(34)29-13-5-9-17-35(29)41/h4-25H,1-3H3. The summed E-state index contributed by atoms with van der Waals surface area (Å²) in [6.45, 7) is 6.97. The monoisotopic (exact) mass is 599 g/mol. The molecule has 2 heteroatoms. The minimum absolute atomic E-state index is 0.0729. The number of aryl methyl sites for hydroxylation is 1. The van der Waals surface area contributed by atoms with Crippen molar-refractivity contribution in [1.82, 2.24) is 0 Å². The van der Waals surface area contributed by atoms with Gasteiger partial charge in [0.15, 0.2) is 0 Å². The van der Waals surface area contributed by atoms with Crippen LogP contribution in [-0.2, 0) is 5.41 Å². The number of para-hydroxylation sites is 2. The van der Waals surface area contributed by atoms with Crippen molar-refractivity contribution >= 4 is 47.9 Å². The predicted molar refractivity (Wildman–Crippen MR) is 180 cm³/mol. The molecule has 1 nitrogen and oxygen atoms in total. The van der Waals surface area contributed by atoms with Crippen LogP contribution in [0.15, 0.2) is 133 Å². The molecule has 0 aliphatic carbocycles. The number of rotatable bonds is 1. The van der Waals surface area contributed by atoms with E-state index in [9.17, 15) is 0 Å². The Bertz CT molecular complexity index is 2010. The van der Waals surface area contributed by atoms with Gasteiger partial charge in [-0.25, -0.2) is 0 Å². The van der Waals surface area contributed by atoms with Crippen molar-refractivity contribution in [2.75, 3.05) is 4.90 Å². The Kier molecular flexibility index (Phi) is 4.84. The molecule has 9 rings (SSSR count). The van der Waals surface area contributed by atoms with Gasteiger partial charge in [-0.3, -0.25) is 0 Å². The third kappa shape index (κ3) is 2.89. The first-order chi connectivity index (χ1) is 20.5. The minimum atomic E-state index is -3.27. The molecule has 0 saturated heterocycles. The van der Waals surface area contributed by atoms with Crippen LogP contribution in [0.25, 0.3) is 22.3 Å². The average Bonchev–Trinajstić information content (AvgIpc) is 3.48. The molecule has 0 N–H and O–H groups in total. The molecule has 0 bridgehead atoms. The third-order valence-electron chi connectivity index (χ3n) is 10.1. The molecule has 0 aromatic heterocycles. The second kappa shape index (κ2) is 8.36. The quantitative estimate of drug-likeness (QED) is 0.178. The molecule has 200 valence electrons. The summed E-state index contributed by atoms with van der Waals surface area (Å²) < 4.78 is 6.29. The summed E-state index contributed by atoms with van der Waals surface area (Å²) >= 11 is -3.27. The van der Waals surface area contributed by atoms with Crippen LogP contribution in [-0.4, -0.2) is 13.3 Å². The van der Waals surface area contributed by atoms with Crippen LogP contribution in [0.3, 0.4) is 0 Å². The van der Waals surface area contributed by atoms with E-state index in [1.165, 1.54) is 56.0 Å². The summed E-state index contributed by atoms with van der Waals surface area (Å²) in [6, 6.07) is 51.1. The van der Waals surface area contributed by atoms with E-state index in [1.54, 1.807) is 17.6 Å². The zero-order valence-electron chi connectivity index (χ0n) is 24.1. The Morgan fingerprint density at radius 2 is 0.952 bits per heavy atom. The normalized spacial score (nSPS) is 15.8. The molecule has 0 atom stereocenters. The Hall–Kier alpha value is -4.34. The molecule has 3 aliphatic rings. The number of benzene rings is 6. The van der Waals surface area contributed by atoms with Crippen LogP contribution in [0, 0.1) is 6.92 Å².